The Labute approximate surface area is 143 Å². The number of carbonyl (C=O) groups excluding carboxylic acids is 1. The molecule has 1 aliphatic heterocycles. The van der Waals surface area contributed by atoms with Crippen molar-refractivity contribution in [1.29, 1.82) is 0 Å². The number of carbonyl (C=O) groups is 1. The molecule has 0 bridgehead atoms. The first-order valence-electron chi connectivity index (χ1n) is 8.77. The number of nitrogens with one attached hydrogen (secondary N) is 1. The van der Waals surface area contributed by atoms with Gasteiger partial charge in [0.15, 0.2) is 0 Å². The van der Waals surface area contributed by atoms with Gasteiger partial charge in [-0.2, -0.15) is 0 Å². The van der Waals surface area contributed by atoms with Crippen molar-refractivity contribution in [3.8, 4) is 0 Å². The second-order valence-corrected chi connectivity index (χ2v) is 6.81. The summed E-state index contributed by atoms with van der Waals surface area (Å²) in [5, 5.41) is 15.0. The van der Waals surface area contributed by atoms with Crippen LogP contribution in [-0.2, 0) is 4.79 Å². The highest BCUT2D eigenvalue weighted by atomic mass is 16.3. The number of aliphatic hydroxyl groups excluding tert-OH is 1. The molecular weight excluding hydrogens is 300 g/mol. The number of nitrogens with zero attached hydrogens (tertiary/aromatic N) is 1. The van der Waals surface area contributed by atoms with Crippen molar-refractivity contribution in [1.82, 2.24) is 4.90 Å². The Morgan fingerprint density at radius 3 is 2.50 bits per heavy atom. The van der Waals surface area contributed by atoms with Crippen molar-refractivity contribution in [3.63, 3.8) is 0 Å². The van der Waals surface area contributed by atoms with Crippen LogP contribution in [0.15, 0.2) is 42.5 Å². The summed E-state index contributed by atoms with van der Waals surface area (Å²) < 4.78 is 0. The number of anilines is 1. The average molecular weight is 326 g/mol. The van der Waals surface area contributed by atoms with Crippen LogP contribution in [0.5, 0.6) is 0 Å². The number of amides is 1. The molecule has 1 heterocycles. The van der Waals surface area contributed by atoms with Crippen LogP contribution in [0.25, 0.3) is 10.8 Å². The van der Waals surface area contributed by atoms with Gasteiger partial charge in [0.25, 0.3) is 0 Å². The molecule has 2 aromatic rings. The van der Waals surface area contributed by atoms with E-state index in [1.165, 1.54) is 0 Å². The lowest BCUT2D eigenvalue weighted by molar-refractivity contribution is -0.121. The standard InChI is InChI=1S/C20H26N2O2/c1-14(22-12-10-16(11-13-22)15(2)23)20(24)21-19-9-5-7-17-6-3-4-8-18(17)19/h3-9,14-16,23H,10-13H2,1-2H3,(H,21,24). The van der Waals surface area contributed by atoms with Crippen LogP contribution in [0, 0.1) is 5.92 Å². The van der Waals surface area contributed by atoms with Gasteiger partial charge in [-0.1, -0.05) is 36.4 Å². The second kappa shape index (κ2) is 7.32. The smallest absolute Gasteiger partial charge is 0.241 e. The van der Waals surface area contributed by atoms with Gasteiger partial charge in [0.05, 0.1) is 12.1 Å². The minimum atomic E-state index is -0.257. The van der Waals surface area contributed by atoms with E-state index in [0.29, 0.717) is 5.92 Å². The summed E-state index contributed by atoms with van der Waals surface area (Å²) >= 11 is 0. The molecule has 4 nitrogen and oxygen atoms in total. The molecule has 0 radical (unpaired) electrons. The molecule has 0 saturated carbocycles. The fraction of sp³-hybridized carbons (Fsp3) is 0.450. The van der Waals surface area contributed by atoms with Crippen molar-refractivity contribution < 1.29 is 9.90 Å². The van der Waals surface area contributed by atoms with Crippen LogP contribution in [0.2, 0.25) is 0 Å². The zero-order valence-electron chi connectivity index (χ0n) is 14.4. The van der Waals surface area contributed by atoms with E-state index in [-0.39, 0.29) is 18.1 Å². The first-order valence-corrected chi connectivity index (χ1v) is 8.77. The predicted octanol–water partition coefficient (Wildman–Crippen LogP) is 3.26. The normalized spacial score (nSPS) is 19.1. The first kappa shape index (κ1) is 16.9. The van der Waals surface area contributed by atoms with Crippen LogP contribution in [0.1, 0.15) is 26.7 Å². The highest BCUT2D eigenvalue weighted by molar-refractivity contribution is 6.03. The lowest BCUT2D eigenvalue weighted by Gasteiger charge is -2.36. The van der Waals surface area contributed by atoms with Crippen LogP contribution in [0.4, 0.5) is 5.69 Å². The fourth-order valence-electron chi connectivity index (χ4n) is 3.53. The summed E-state index contributed by atoms with van der Waals surface area (Å²) in [6.45, 7) is 5.54. The third-order valence-corrected chi connectivity index (χ3v) is 5.23. The van der Waals surface area contributed by atoms with E-state index in [1.807, 2.05) is 44.2 Å². The van der Waals surface area contributed by atoms with Crippen molar-refractivity contribution in [2.45, 2.75) is 38.8 Å². The molecule has 4 heteroatoms. The molecule has 1 aliphatic rings. The summed E-state index contributed by atoms with van der Waals surface area (Å²) in [6, 6.07) is 13.9. The monoisotopic (exact) mass is 326 g/mol. The second-order valence-electron chi connectivity index (χ2n) is 6.81. The van der Waals surface area contributed by atoms with Gasteiger partial charge in [-0.3, -0.25) is 9.69 Å². The summed E-state index contributed by atoms with van der Waals surface area (Å²) in [4.78, 5) is 14.9. The predicted molar refractivity (Wildman–Crippen MR) is 98.0 cm³/mol. The fourth-order valence-corrected chi connectivity index (χ4v) is 3.53. The van der Waals surface area contributed by atoms with E-state index in [0.717, 1.165) is 42.4 Å². The maximum Gasteiger partial charge on any atom is 0.241 e. The molecule has 1 amide bonds. The molecule has 1 fully saturated rings. The van der Waals surface area contributed by atoms with Gasteiger partial charge in [0.2, 0.25) is 5.91 Å². The molecular formula is C20H26N2O2. The number of likely N-dealkylation sites (tertiary alicyclic amines) is 1. The number of hydrogen-bond acceptors (Lipinski definition) is 3. The van der Waals surface area contributed by atoms with E-state index in [2.05, 4.69) is 22.3 Å². The summed E-state index contributed by atoms with van der Waals surface area (Å²) in [5.74, 6) is 0.386. The van der Waals surface area contributed by atoms with Crippen molar-refractivity contribution in [2.24, 2.45) is 5.92 Å². The highest BCUT2D eigenvalue weighted by Crippen LogP contribution is 2.25. The minimum absolute atomic E-state index is 0.0295. The Balaban J connectivity index is 1.66. The topological polar surface area (TPSA) is 52.6 Å². The lowest BCUT2D eigenvalue weighted by atomic mass is 9.91. The van der Waals surface area contributed by atoms with Gasteiger partial charge in [0.1, 0.15) is 0 Å². The molecule has 0 aliphatic carbocycles. The van der Waals surface area contributed by atoms with E-state index < -0.39 is 0 Å². The lowest BCUT2D eigenvalue weighted by Crippen LogP contribution is -2.47. The van der Waals surface area contributed by atoms with Gasteiger partial charge in [-0.15, -0.1) is 0 Å². The van der Waals surface area contributed by atoms with Gasteiger partial charge in [-0.05, 0) is 57.1 Å². The maximum absolute atomic E-state index is 12.7. The Bertz CT molecular complexity index is 700. The molecule has 24 heavy (non-hydrogen) atoms. The van der Waals surface area contributed by atoms with Gasteiger partial charge < -0.3 is 10.4 Å². The average Bonchev–Trinajstić information content (AvgIpc) is 2.61. The summed E-state index contributed by atoms with van der Waals surface area (Å²) in [7, 11) is 0. The Morgan fingerprint density at radius 1 is 1.12 bits per heavy atom. The molecule has 2 unspecified atom stereocenters. The third kappa shape index (κ3) is 3.60. The largest absolute Gasteiger partial charge is 0.393 e. The zero-order chi connectivity index (χ0) is 17.1. The van der Waals surface area contributed by atoms with E-state index in [9.17, 15) is 9.90 Å². The SMILES string of the molecule is CC(O)C1CCN(C(C)C(=O)Nc2cccc3ccccc23)CC1. The van der Waals surface area contributed by atoms with E-state index in [1.54, 1.807) is 0 Å². The van der Waals surface area contributed by atoms with Crippen LogP contribution in [0.3, 0.4) is 0 Å². The number of benzene rings is 2. The van der Waals surface area contributed by atoms with Gasteiger partial charge in [0, 0.05) is 11.1 Å². The number of piperidine rings is 1. The van der Waals surface area contributed by atoms with Crippen LogP contribution < -0.4 is 5.32 Å². The number of fused-ring (bicyclic) bond motifs is 1. The van der Waals surface area contributed by atoms with Crippen molar-refractivity contribution >= 4 is 22.4 Å². The molecule has 128 valence electrons. The quantitative estimate of drug-likeness (QED) is 0.907. The molecule has 3 rings (SSSR count). The third-order valence-electron chi connectivity index (χ3n) is 5.23. The molecule has 2 aromatic carbocycles. The molecule has 2 atom stereocenters. The Kier molecular flexibility index (Phi) is 5.17. The van der Waals surface area contributed by atoms with Gasteiger partial charge >= 0.3 is 0 Å². The Morgan fingerprint density at radius 2 is 1.79 bits per heavy atom. The summed E-state index contributed by atoms with van der Waals surface area (Å²) in [6.07, 6.45) is 1.64. The van der Waals surface area contributed by atoms with Crippen LogP contribution >= 0.6 is 0 Å². The summed E-state index contributed by atoms with van der Waals surface area (Å²) in [5.41, 5.74) is 0.865. The molecule has 2 N–H and O–H groups in total. The van der Waals surface area contributed by atoms with E-state index in [4.69, 9.17) is 0 Å². The maximum atomic E-state index is 12.7. The zero-order valence-corrected chi connectivity index (χ0v) is 14.4. The van der Waals surface area contributed by atoms with Crippen molar-refractivity contribution in [2.75, 3.05) is 18.4 Å². The number of rotatable bonds is 4. The minimum Gasteiger partial charge on any atom is -0.393 e. The molecule has 0 aromatic heterocycles. The first-order chi connectivity index (χ1) is 11.6. The number of hydrogen-bond donors (Lipinski definition) is 2. The molecule has 1 saturated heterocycles. The van der Waals surface area contributed by atoms with Crippen molar-refractivity contribution in [3.05, 3.63) is 42.5 Å². The van der Waals surface area contributed by atoms with Gasteiger partial charge in [-0.25, -0.2) is 0 Å². The Hall–Kier alpha value is -1.91. The van der Waals surface area contributed by atoms with E-state index >= 15 is 0 Å². The molecule has 0 spiro atoms. The van der Waals surface area contributed by atoms with Crippen LogP contribution in [-0.4, -0.2) is 41.1 Å². The number of aliphatic hydroxyl groups is 1. The highest BCUT2D eigenvalue weighted by Gasteiger charge is 2.28.